The van der Waals surface area contributed by atoms with Gasteiger partial charge in [0.15, 0.2) is 0 Å². The van der Waals surface area contributed by atoms with E-state index in [0.29, 0.717) is 0 Å². The molecule has 0 unspecified atom stereocenters. The van der Waals surface area contributed by atoms with Crippen LogP contribution in [0.4, 0.5) is 34.1 Å². The average Bonchev–Trinajstić information content (AvgIpc) is 3.85. The number of para-hydroxylation sites is 2. The molecule has 9 aromatic rings. The summed E-state index contributed by atoms with van der Waals surface area (Å²) in [6.45, 7) is 20.8. The minimum absolute atomic E-state index is 0.00623. The molecule has 332 valence electrons. The number of nitrogens with zero attached hydrogens (tertiary/aromatic N) is 2. The molecule has 5 heteroatoms. The van der Waals surface area contributed by atoms with Gasteiger partial charge >= 0.3 is 0 Å². The van der Waals surface area contributed by atoms with Gasteiger partial charge in [-0.25, -0.2) is 0 Å². The Morgan fingerprint density at radius 2 is 0.985 bits per heavy atom. The standard InChI is InChI=1S/C63H55BN2OS/c1-60(2,3)38-25-30-41(31-26-38)65-50-21-16-22-51-56(50)64(59-57(65)44-37-40(62(7,8)9)29-36-54(44)68-59)49-35-34-48-55(58(49)66(51)42-32-27-39(28-33-42)61(4,5)6)43-17-10-11-18-45(43)63(48)46-19-12-14-23-52(46)67-53-24-15-13-20-47(53)63/h10-37H,1-9H3. The molecule has 0 amide bonds. The predicted molar refractivity (Wildman–Crippen MR) is 289 cm³/mol. The van der Waals surface area contributed by atoms with Crippen molar-refractivity contribution in [1.29, 1.82) is 0 Å². The molecule has 0 saturated carbocycles. The van der Waals surface area contributed by atoms with Gasteiger partial charge in [0.05, 0.1) is 11.1 Å². The molecule has 13 rings (SSSR count). The van der Waals surface area contributed by atoms with E-state index in [9.17, 15) is 0 Å². The molecular weight excluding hydrogens is 844 g/mol. The highest BCUT2D eigenvalue weighted by atomic mass is 32.1. The lowest BCUT2D eigenvalue weighted by Crippen LogP contribution is -2.60. The highest BCUT2D eigenvalue weighted by Gasteiger charge is 2.54. The van der Waals surface area contributed by atoms with Gasteiger partial charge in [0.2, 0.25) is 0 Å². The van der Waals surface area contributed by atoms with Crippen LogP contribution in [-0.4, -0.2) is 6.71 Å². The van der Waals surface area contributed by atoms with Crippen LogP contribution < -0.4 is 30.2 Å². The first kappa shape index (κ1) is 41.4. The van der Waals surface area contributed by atoms with Gasteiger partial charge in [0.1, 0.15) is 11.5 Å². The Kier molecular flexibility index (Phi) is 8.59. The highest BCUT2D eigenvalue weighted by Crippen LogP contribution is 2.64. The number of thiophene rings is 1. The Balaban J connectivity index is 1.16. The van der Waals surface area contributed by atoms with E-state index in [1.165, 1.54) is 104 Å². The largest absolute Gasteiger partial charge is 0.457 e. The Morgan fingerprint density at radius 1 is 0.471 bits per heavy atom. The van der Waals surface area contributed by atoms with Crippen molar-refractivity contribution in [2.24, 2.45) is 0 Å². The minimum atomic E-state index is -0.592. The van der Waals surface area contributed by atoms with Gasteiger partial charge in [-0.1, -0.05) is 172 Å². The second kappa shape index (κ2) is 14.1. The van der Waals surface area contributed by atoms with Gasteiger partial charge < -0.3 is 14.5 Å². The SMILES string of the molecule is CC(C)(C)c1ccc(N2c3cccc4c3B(c3ccc5c(c32)-c2ccccc2C52c3ccccc3Oc3ccccc32)c2sc3ccc(C(C)(C)C)cc3c2N4c2ccc(C(C)(C)C)cc2)cc1. The molecule has 0 N–H and O–H groups in total. The molecule has 8 aromatic carbocycles. The van der Waals surface area contributed by atoms with E-state index in [1.807, 2.05) is 11.3 Å². The summed E-state index contributed by atoms with van der Waals surface area (Å²) in [7, 11) is 0. The van der Waals surface area contributed by atoms with E-state index >= 15 is 0 Å². The number of hydrogen-bond acceptors (Lipinski definition) is 4. The van der Waals surface area contributed by atoms with Crippen LogP contribution in [0.2, 0.25) is 0 Å². The van der Waals surface area contributed by atoms with E-state index < -0.39 is 5.41 Å². The van der Waals surface area contributed by atoms with Gasteiger partial charge in [-0.2, -0.15) is 0 Å². The van der Waals surface area contributed by atoms with Crippen molar-refractivity contribution in [2.45, 2.75) is 84.0 Å². The Labute approximate surface area is 405 Å². The van der Waals surface area contributed by atoms with Crippen LogP contribution in [-0.2, 0) is 21.7 Å². The Morgan fingerprint density at radius 3 is 1.56 bits per heavy atom. The van der Waals surface area contributed by atoms with E-state index in [2.05, 4.69) is 242 Å². The molecule has 0 saturated heterocycles. The summed E-state index contributed by atoms with van der Waals surface area (Å²) in [6.07, 6.45) is 0. The molecule has 0 atom stereocenters. The first-order valence-corrected chi connectivity index (χ1v) is 25.1. The van der Waals surface area contributed by atoms with Gasteiger partial charge in [0, 0.05) is 60.0 Å². The van der Waals surface area contributed by atoms with Crippen molar-refractivity contribution in [1.82, 2.24) is 0 Å². The van der Waals surface area contributed by atoms with Crippen molar-refractivity contribution in [3.8, 4) is 22.6 Å². The van der Waals surface area contributed by atoms with Gasteiger partial charge in [0.25, 0.3) is 6.71 Å². The zero-order valence-electron chi connectivity index (χ0n) is 40.5. The van der Waals surface area contributed by atoms with Crippen LogP contribution in [0, 0.1) is 0 Å². The number of ether oxygens (including phenoxy) is 1. The van der Waals surface area contributed by atoms with Crippen molar-refractivity contribution in [3.05, 3.63) is 209 Å². The maximum atomic E-state index is 6.79. The van der Waals surface area contributed by atoms with Crippen molar-refractivity contribution < 1.29 is 4.74 Å². The molecule has 0 fully saturated rings. The summed E-state index contributed by atoms with van der Waals surface area (Å²) in [6, 6.07) is 64.7. The average molecular weight is 899 g/mol. The zero-order valence-corrected chi connectivity index (χ0v) is 41.3. The summed E-state index contributed by atoms with van der Waals surface area (Å²) in [5.41, 5.74) is 21.0. The van der Waals surface area contributed by atoms with Gasteiger partial charge in [-0.15, -0.1) is 11.3 Å². The summed E-state index contributed by atoms with van der Waals surface area (Å²) in [5, 5.41) is 1.32. The smallest absolute Gasteiger partial charge is 0.264 e. The van der Waals surface area contributed by atoms with Crippen molar-refractivity contribution >= 4 is 78.0 Å². The number of benzene rings is 8. The van der Waals surface area contributed by atoms with Gasteiger partial charge in [-0.3, -0.25) is 0 Å². The maximum absolute atomic E-state index is 6.79. The topological polar surface area (TPSA) is 15.7 Å². The maximum Gasteiger partial charge on any atom is 0.264 e. The van der Waals surface area contributed by atoms with E-state index in [-0.39, 0.29) is 23.0 Å². The molecule has 4 aliphatic rings. The third-order valence-electron chi connectivity index (χ3n) is 15.4. The summed E-state index contributed by atoms with van der Waals surface area (Å²) >= 11 is 1.97. The normalized spacial score (nSPS) is 15.0. The number of rotatable bonds is 2. The molecule has 1 spiro atoms. The van der Waals surface area contributed by atoms with Crippen LogP contribution in [0.1, 0.15) is 101 Å². The minimum Gasteiger partial charge on any atom is -0.457 e. The molecule has 1 aromatic heterocycles. The van der Waals surface area contributed by atoms with Crippen LogP contribution in [0.15, 0.2) is 170 Å². The van der Waals surface area contributed by atoms with Crippen molar-refractivity contribution in [3.63, 3.8) is 0 Å². The van der Waals surface area contributed by atoms with Crippen LogP contribution in [0.25, 0.3) is 21.2 Å². The lowest BCUT2D eigenvalue weighted by Gasteiger charge is -2.44. The Hall–Kier alpha value is -6.82. The molecule has 4 heterocycles. The number of hydrogen-bond donors (Lipinski definition) is 0. The number of anilines is 6. The van der Waals surface area contributed by atoms with Crippen LogP contribution in [0.3, 0.4) is 0 Å². The van der Waals surface area contributed by atoms with Gasteiger partial charge in [-0.05, 0) is 121 Å². The first-order chi connectivity index (χ1) is 32.6. The third-order valence-corrected chi connectivity index (χ3v) is 16.6. The van der Waals surface area contributed by atoms with E-state index in [0.717, 1.165) is 17.2 Å². The Bertz CT molecular complexity index is 3520. The van der Waals surface area contributed by atoms with E-state index in [4.69, 9.17) is 4.74 Å². The molecule has 0 bridgehead atoms. The number of fused-ring (bicyclic) bond motifs is 16. The fraction of sp³-hybridized carbons (Fsp3) is 0.206. The highest BCUT2D eigenvalue weighted by molar-refractivity contribution is 7.33. The first-order valence-electron chi connectivity index (χ1n) is 24.3. The fourth-order valence-electron chi connectivity index (χ4n) is 12.1. The molecule has 3 aliphatic heterocycles. The second-order valence-corrected chi connectivity index (χ2v) is 23.6. The molecule has 68 heavy (non-hydrogen) atoms. The van der Waals surface area contributed by atoms with E-state index in [1.54, 1.807) is 0 Å². The molecular formula is C63H55BN2OS. The predicted octanol–water partition coefficient (Wildman–Crippen LogP) is 15.3. The monoisotopic (exact) mass is 898 g/mol. The summed E-state index contributed by atoms with van der Waals surface area (Å²) in [5.74, 6) is 1.81. The lowest BCUT2D eigenvalue weighted by atomic mass is 9.36. The summed E-state index contributed by atoms with van der Waals surface area (Å²) < 4.78 is 9.49. The van der Waals surface area contributed by atoms with Crippen LogP contribution >= 0.6 is 11.3 Å². The lowest BCUT2D eigenvalue weighted by molar-refractivity contribution is 0.436. The second-order valence-electron chi connectivity index (χ2n) is 22.5. The zero-order chi connectivity index (χ0) is 46.6. The third kappa shape index (κ3) is 5.66. The molecule has 0 radical (unpaired) electrons. The van der Waals surface area contributed by atoms with Crippen LogP contribution in [0.5, 0.6) is 11.5 Å². The molecule has 1 aliphatic carbocycles. The fourth-order valence-corrected chi connectivity index (χ4v) is 13.4. The van der Waals surface area contributed by atoms with Crippen molar-refractivity contribution in [2.75, 3.05) is 9.80 Å². The quantitative estimate of drug-likeness (QED) is 0.161. The molecule has 3 nitrogen and oxygen atoms in total. The summed E-state index contributed by atoms with van der Waals surface area (Å²) in [4.78, 5) is 5.22.